The van der Waals surface area contributed by atoms with Gasteiger partial charge < -0.3 is 10.1 Å². The van der Waals surface area contributed by atoms with Gasteiger partial charge in [-0.25, -0.2) is 4.98 Å². The Bertz CT molecular complexity index is 527. The molecule has 1 aromatic carbocycles. The van der Waals surface area contributed by atoms with Gasteiger partial charge in [-0.2, -0.15) is 0 Å². The molecule has 2 aromatic rings. The second kappa shape index (κ2) is 6.20. The van der Waals surface area contributed by atoms with Crippen LogP contribution in [-0.2, 0) is 11.2 Å². The van der Waals surface area contributed by atoms with Gasteiger partial charge in [-0.15, -0.1) is 11.3 Å². The SMILES string of the molecule is CCNCC1(Cc2nc3ccccc3s2)CCCOC1. The van der Waals surface area contributed by atoms with Crippen LogP contribution in [0.15, 0.2) is 24.3 Å². The van der Waals surface area contributed by atoms with Crippen LogP contribution < -0.4 is 5.32 Å². The van der Waals surface area contributed by atoms with Gasteiger partial charge in [-0.05, 0) is 31.5 Å². The van der Waals surface area contributed by atoms with Gasteiger partial charge in [-0.1, -0.05) is 19.1 Å². The molecular formula is C16H22N2OS. The molecule has 2 heterocycles. The van der Waals surface area contributed by atoms with Gasteiger partial charge in [-0.3, -0.25) is 0 Å². The van der Waals surface area contributed by atoms with E-state index < -0.39 is 0 Å². The van der Waals surface area contributed by atoms with Crippen molar-refractivity contribution in [1.29, 1.82) is 0 Å². The molecule has 0 radical (unpaired) electrons. The average Bonchev–Trinajstić information content (AvgIpc) is 2.88. The highest BCUT2D eigenvalue weighted by molar-refractivity contribution is 7.18. The molecular weight excluding hydrogens is 268 g/mol. The summed E-state index contributed by atoms with van der Waals surface area (Å²) in [5.41, 5.74) is 1.35. The molecule has 0 bridgehead atoms. The Kier molecular flexibility index (Phi) is 4.34. The largest absolute Gasteiger partial charge is 0.381 e. The fourth-order valence-corrected chi connectivity index (χ4v) is 4.10. The van der Waals surface area contributed by atoms with Gasteiger partial charge in [0.15, 0.2) is 0 Å². The summed E-state index contributed by atoms with van der Waals surface area (Å²) in [5, 5.41) is 4.75. The average molecular weight is 290 g/mol. The van der Waals surface area contributed by atoms with Crippen LogP contribution in [0.1, 0.15) is 24.8 Å². The predicted octanol–water partition coefficient (Wildman–Crippen LogP) is 3.25. The van der Waals surface area contributed by atoms with Crippen molar-refractivity contribution in [3.8, 4) is 0 Å². The second-order valence-electron chi connectivity index (χ2n) is 5.69. The lowest BCUT2D eigenvalue weighted by Gasteiger charge is -2.36. The third-order valence-corrected chi connectivity index (χ3v) is 5.05. The van der Waals surface area contributed by atoms with Crippen molar-refractivity contribution < 1.29 is 4.74 Å². The van der Waals surface area contributed by atoms with Crippen molar-refractivity contribution in [3.63, 3.8) is 0 Å². The fourth-order valence-electron chi connectivity index (χ4n) is 2.96. The first kappa shape index (κ1) is 14.0. The van der Waals surface area contributed by atoms with E-state index in [-0.39, 0.29) is 5.41 Å². The molecule has 108 valence electrons. The number of nitrogens with one attached hydrogen (secondary N) is 1. The van der Waals surface area contributed by atoms with Gasteiger partial charge in [0.2, 0.25) is 0 Å². The van der Waals surface area contributed by atoms with Gasteiger partial charge in [0.25, 0.3) is 0 Å². The maximum absolute atomic E-state index is 5.77. The van der Waals surface area contributed by atoms with E-state index in [2.05, 4.69) is 36.5 Å². The summed E-state index contributed by atoms with van der Waals surface area (Å²) in [5.74, 6) is 0. The quantitative estimate of drug-likeness (QED) is 0.918. The van der Waals surface area contributed by atoms with Crippen LogP contribution in [-0.4, -0.2) is 31.3 Å². The van der Waals surface area contributed by atoms with Gasteiger partial charge in [0, 0.05) is 25.0 Å². The summed E-state index contributed by atoms with van der Waals surface area (Å²) in [6.07, 6.45) is 3.42. The standard InChI is InChI=1S/C16H22N2OS/c1-2-17-11-16(8-5-9-19-12-16)10-15-18-13-6-3-4-7-14(13)20-15/h3-4,6-7,17H,2,5,8-12H2,1H3. The Morgan fingerprint density at radius 1 is 1.40 bits per heavy atom. The zero-order valence-corrected chi connectivity index (χ0v) is 12.8. The number of thiazole rings is 1. The number of hydrogen-bond acceptors (Lipinski definition) is 4. The lowest BCUT2D eigenvalue weighted by molar-refractivity contribution is -0.00690. The van der Waals surface area contributed by atoms with Crippen molar-refractivity contribution >= 4 is 21.6 Å². The molecule has 1 saturated heterocycles. The van der Waals surface area contributed by atoms with Crippen LogP contribution in [0.2, 0.25) is 0 Å². The summed E-state index contributed by atoms with van der Waals surface area (Å²) in [6, 6.07) is 8.40. The zero-order valence-electron chi connectivity index (χ0n) is 12.0. The Morgan fingerprint density at radius 3 is 3.05 bits per heavy atom. The number of benzene rings is 1. The molecule has 1 aliphatic heterocycles. The summed E-state index contributed by atoms with van der Waals surface area (Å²) < 4.78 is 7.06. The van der Waals surface area contributed by atoms with Crippen LogP contribution in [0.4, 0.5) is 0 Å². The van der Waals surface area contributed by atoms with Crippen molar-refractivity contribution in [2.75, 3.05) is 26.3 Å². The highest BCUT2D eigenvalue weighted by Crippen LogP contribution is 2.34. The first-order chi connectivity index (χ1) is 9.81. The van der Waals surface area contributed by atoms with Gasteiger partial charge in [0.05, 0.1) is 21.8 Å². The molecule has 0 amide bonds. The van der Waals surface area contributed by atoms with E-state index in [1.165, 1.54) is 16.1 Å². The Labute approximate surface area is 124 Å². The summed E-state index contributed by atoms with van der Waals surface area (Å²) in [6.45, 7) is 5.97. The first-order valence-corrected chi connectivity index (χ1v) is 8.26. The number of ether oxygens (including phenoxy) is 1. The van der Waals surface area contributed by atoms with Crippen LogP contribution in [0, 0.1) is 5.41 Å². The van der Waals surface area contributed by atoms with E-state index in [1.807, 2.05) is 11.3 Å². The summed E-state index contributed by atoms with van der Waals surface area (Å²) >= 11 is 1.83. The number of fused-ring (bicyclic) bond motifs is 1. The van der Waals surface area contributed by atoms with E-state index in [1.54, 1.807) is 0 Å². The predicted molar refractivity (Wildman–Crippen MR) is 84.4 cm³/mol. The molecule has 0 saturated carbocycles. The van der Waals surface area contributed by atoms with Gasteiger partial charge >= 0.3 is 0 Å². The summed E-state index contributed by atoms with van der Waals surface area (Å²) in [4.78, 5) is 4.80. The monoisotopic (exact) mass is 290 g/mol. The minimum atomic E-state index is 0.224. The minimum Gasteiger partial charge on any atom is -0.381 e. The number of nitrogens with zero attached hydrogens (tertiary/aromatic N) is 1. The molecule has 1 aromatic heterocycles. The molecule has 20 heavy (non-hydrogen) atoms. The minimum absolute atomic E-state index is 0.224. The van der Waals surface area contributed by atoms with E-state index in [0.717, 1.165) is 44.7 Å². The number of aromatic nitrogens is 1. The second-order valence-corrected chi connectivity index (χ2v) is 6.80. The normalized spacial score (nSPS) is 23.2. The maximum Gasteiger partial charge on any atom is 0.0945 e. The zero-order chi connectivity index (χ0) is 13.8. The number of rotatable bonds is 5. The lowest BCUT2D eigenvalue weighted by atomic mass is 9.79. The fraction of sp³-hybridized carbons (Fsp3) is 0.562. The third-order valence-electron chi connectivity index (χ3n) is 4.02. The molecule has 0 spiro atoms. The van der Waals surface area contributed by atoms with Crippen molar-refractivity contribution in [2.24, 2.45) is 5.41 Å². The highest BCUT2D eigenvalue weighted by atomic mass is 32.1. The Balaban J connectivity index is 1.80. The van der Waals surface area contributed by atoms with Gasteiger partial charge in [0.1, 0.15) is 0 Å². The third kappa shape index (κ3) is 3.03. The molecule has 1 fully saturated rings. The highest BCUT2D eigenvalue weighted by Gasteiger charge is 2.33. The Morgan fingerprint density at radius 2 is 2.30 bits per heavy atom. The molecule has 1 aliphatic rings. The van der Waals surface area contributed by atoms with Crippen molar-refractivity contribution in [2.45, 2.75) is 26.2 Å². The van der Waals surface area contributed by atoms with Crippen LogP contribution in [0.25, 0.3) is 10.2 Å². The van der Waals surface area contributed by atoms with E-state index in [4.69, 9.17) is 9.72 Å². The van der Waals surface area contributed by atoms with E-state index in [9.17, 15) is 0 Å². The van der Waals surface area contributed by atoms with Crippen molar-refractivity contribution in [1.82, 2.24) is 10.3 Å². The molecule has 0 aliphatic carbocycles. The smallest absolute Gasteiger partial charge is 0.0945 e. The number of hydrogen-bond donors (Lipinski definition) is 1. The first-order valence-electron chi connectivity index (χ1n) is 7.44. The van der Waals surface area contributed by atoms with E-state index in [0.29, 0.717) is 0 Å². The molecule has 1 unspecified atom stereocenters. The lowest BCUT2D eigenvalue weighted by Crippen LogP contribution is -2.42. The maximum atomic E-state index is 5.77. The van der Waals surface area contributed by atoms with Crippen LogP contribution in [0.5, 0.6) is 0 Å². The molecule has 4 heteroatoms. The molecule has 1 atom stereocenters. The van der Waals surface area contributed by atoms with Crippen LogP contribution >= 0.6 is 11.3 Å². The summed E-state index contributed by atoms with van der Waals surface area (Å²) in [7, 11) is 0. The molecule has 3 rings (SSSR count). The molecule has 1 N–H and O–H groups in total. The Hall–Kier alpha value is -0.970. The topological polar surface area (TPSA) is 34.2 Å². The number of para-hydroxylation sites is 1. The molecule has 3 nitrogen and oxygen atoms in total. The van der Waals surface area contributed by atoms with Crippen LogP contribution in [0.3, 0.4) is 0 Å². The van der Waals surface area contributed by atoms with E-state index >= 15 is 0 Å². The van der Waals surface area contributed by atoms with Crippen molar-refractivity contribution in [3.05, 3.63) is 29.3 Å².